The van der Waals surface area contributed by atoms with E-state index in [1.165, 1.54) is 0 Å². The van der Waals surface area contributed by atoms with Gasteiger partial charge in [-0.2, -0.15) is 0 Å². The number of hydrogen-bond acceptors (Lipinski definition) is 2. The van der Waals surface area contributed by atoms with Crippen LogP contribution in [0, 0.1) is 17.8 Å². The topological polar surface area (TPSA) is 46.5 Å². The van der Waals surface area contributed by atoms with Crippen molar-refractivity contribution in [2.75, 3.05) is 6.61 Å². The maximum absolute atomic E-state index is 10.3. The molecule has 1 N–H and O–H groups in total. The van der Waals surface area contributed by atoms with Crippen molar-refractivity contribution in [1.82, 2.24) is 0 Å². The van der Waals surface area contributed by atoms with Crippen LogP contribution in [0.15, 0.2) is 24.3 Å². The van der Waals surface area contributed by atoms with Gasteiger partial charge in [-0.3, -0.25) is 0 Å². The average molecular weight is 227 g/mol. The Labute approximate surface area is 91.8 Å². The highest BCUT2D eigenvalue weighted by Gasteiger charge is 2.19. The Morgan fingerprint density at radius 2 is 2.33 bits per heavy atom. The van der Waals surface area contributed by atoms with Gasteiger partial charge in [0, 0.05) is 9.98 Å². The Hall–Kier alpha value is -0.940. The molecule has 0 radical (unpaired) electrons. The van der Waals surface area contributed by atoms with E-state index < -0.39 is 13.7 Å². The van der Waals surface area contributed by atoms with Crippen LogP contribution >= 0.6 is 8.25 Å². The van der Waals surface area contributed by atoms with Crippen molar-refractivity contribution < 1.29 is 14.0 Å². The van der Waals surface area contributed by atoms with E-state index in [-0.39, 0.29) is 6.61 Å². The average Bonchev–Trinajstić information content (AvgIpc) is 2.16. The maximum Gasteiger partial charge on any atom is 0.695 e. The van der Waals surface area contributed by atoms with Crippen LogP contribution in [0.5, 0.6) is 0 Å². The minimum Gasteiger partial charge on any atom is -0.133 e. The van der Waals surface area contributed by atoms with E-state index in [1.54, 1.807) is 12.2 Å². The van der Waals surface area contributed by atoms with Gasteiger partial charge in [0.25, 0.3) is 0 Å². The summed E-state index contributed by atoms with van der Waals surface area (Å²) < 4.78 is 14.8. The first-order valence-electron chi connectivity index (χ1n) is 4.51. The number of allylic oxidation sites excluding steroid dienone is 2. The molecule has 1 unspecified atom stereocenters. The van der Waals surface area contributed by atoms with Crippen molar-refractivity contribution in [3.8, 4) is 12.3 Å². The number of hydrogen-bond donors (Lipinski definition) is 1. The summed E-state index contributed by atoms with van der Waals surface area (Å²) in [5.74, 6) is 2.66. The van der Waals surface area contributed by atoms with Gasteiger partial charge < -0.3 is 0 Å². The zero-order valence-electron chi connectivity index (χ0n) is 9.06. The molecule has 0 saturated heterocycles. The molecule has 0 aromatic carbocycles. The van der Waals surface area contributed by atoms with Gasteiger partial charge >= 0.3 is 8.25 Å². The van der Waals surface area contributed by atoms with Crippen LogP contribution in [0.2, 0.25) is 0 Å². The lowest BCUT2D eigenvalue weighted by Gasteiger charge is -2.20. The lowest BCUT2D eigenvalue weighted by Crippen LogP contribution is -2.12. The first-order valence-corrected chi connectivity index (χ1v) is 5.64. The third kappa shape index (κ3) is 5.49. The van der Waals surface area contributed by atoms with Crippen molar-refractivity contribution in [2.45, 2.75) is 20.3 Å². The summed E-state index contributed by atoms with van der Waals surface area (Å²) in [7, 11) is -2.55. The van der Waals surface area contributed by atoms with Gasteiger partial charge in [-0.1, -0.05) is 23.6 Å². The second kappa shape index (κ2) is 6.53. The van der Waals surface area contributed by atoms with Gasteiger partial charge in [-0.25, -0.2) is 0 Å². The molecule has 0 fully saturated rings. The molecular weight excluding hydrogens is 211 g/mol. The fraction of sp³-hybridized carbons (Fsp3) is 0.455. The standard InChI is InChI=1S/C11H15O3P/c1-5-7-10(11(3,4)6-2)8-9-14-15(12)13/h2,5,8H,1,7,9H2,3-4H3/p+1. The molecule has 4 heteroatoms. The Kier molecular flexibility index (Phi) is 6.12. The highest BCUT2D eigenvalue weighted by Crippen LogP contribution is 2.28. The van der Waals surface area contributed by atoms with Gasteiger partial charge in [0.15, 0.2) is 0 Å². The first kappa shape index (κ1) is 14.1. The largest absolute Gasteiger partial charge is 0.695 e. The molecule has 0 amide bonds. The summed E-state index contributed by atoms with van der Waals surface area (Å²) >= 11 is 0. The maximum atomic E-state index is 10.3. The van der Waals surface area contributed by atoms with Crippen molar-refractivity contribution >= 4 is 8.25 Å². The van der Waals surface area contributed by atoms with Gasteiger partial charge in [0.2, 0.25) is 0 Å². The van der Waals surface area contributed by atoms with Crippen LogP contribution in [-0.2, 0) is 9.09 Å². The molecule has 0 aliphatic heterocycles. The predicted octanol–water partition coefficient (Wildman–Crippen LogP) is 2.81. The molecule has 15 heavy (non-hydrogen) atoms. The van der Waals surface area contributed by atoms with Crippen LogP contribution < -0.4 is 0 Å². The molecule has 0 rings (SSSR count). The highest BCUT2D eigenvalue weighted by molar-refractivity contribution is 7.32. The molecule has 0 aliphatic carbocycles. The number of rotatable bonds is 6. The fourth-order valence-electron chi connectivity index (χ4n) is 1.04. The van der Waals surface area contributed by atoms with E-state index in [2.05, 4.69) is 17.0 Å². The second-order valence-electron chi connectivity index (χ2n) is 3.53. The summed E-state index contributed by atoms with van der Waals surface area (Å²) in [5, 5.41) is 0. The monoisotopic (exact) mass is 227 g/mol. The molecule has 82 valence electrons. The van der Waals surface area contributed by atoms with Gasteiger partial charge in [0.05, 0.1) is 0 Å². The fourth-order valence-corrected chi connectivity index (χ4v) is 1.25. The highest BCUT2D eigenvalue weighted by atomic mass is 31.1. The Balaban J connectivity index is 4.59. The zero-order valence-corrected chi connectivity index (χ0v) is 9.96. The van der Waals surface area contributed by atoms with Crippen molar-refractivity contribution in [3.05, 3.63) is 24.3 Å². The molecular formula is C11H16O3P+. The van der Waals surface area contributed by atoms with Gasteiger partial charge in [0.1, 0.15) is 6.61 Å². The van der Waals surface area contributed by atoms with Gasteiger partial charge in [-0.15, -0.1) is 22.4 Å². The Bertz CT molecular complexity index is 310. The van der Waals surface area contributed by atoms with Crippen molar-refractivity contribution in [3.63, 3.8) is 0 Å². The molecule has 0 aromatic heterocycles. The third-order valence-corrected chi connectivity index (χ3v) is 2.41. The SMILES string of the molecule is C#CC(C)(C)C(=CCO[P+](=O)O)CC=C. The Morgan fingerprint density at radius 3 is 2.73 bits per heavy atom. The van der Waals surface area contributed by atoms with E-state index in [1.807, 2.05) is 13.8 Å². The second-order valence-corrected chi connectivity index (χ2v) is 4.26. The molecule has 0 aliphatic rings. The normalized spacial score (nSPS) is 13.2. The quantitative estimate of drug-likeness (QED) is 0.431. The molecule has 3 nitrogen and oxygen atoms in total. The summed E-state index contributed by atoms with van der Waals surface area (Å²) in [5.41, 5.74) is 0.565. The number of terminal acetylenes is 1. The zero-order chi connectivity index (χ0) is 11.9. The van der Waals surface area contributed by atoms with E-state index in [9.17, 15) is 4.57 Å². The van der Waals surface area contributed by atoms with E-state index in [4.69, 9.17) is 11.3 Å². The Morgan fingerprint density at radius 1 is 1.73 bits per heavy atom. The lowest BCUT2D eigenvalue weighted by atomic mass is 9.83. The van der Waals surface area contributed by atoms with Gasteiger partial charge in [-0.05, 0) is 20.3 Å². The molecule has 0 aromatic rings. The molecule has 0 heterocycles. The molecule has 0 spiro atoms. The van der Waals surface area contributed by atoms with Crippen molar-refractivity contribution in [1.29, 1.82) is 0 Å². The third-order valence-electron chi connectivity index (χ3n) is 2.04. The van der Waals surface area contributed by atoms with Crippen LogP contribution in [0.25, 0.3) is 0 Å². The summed E-state index contributed by atoms with van der Waals surface area (Å²) in [6.45, 7) is 7.53. The summed E-state index contributed by atoms with van der Waals surface area (Å²) in [4.78, 5) is 8.45. The van der Waals surface area contributed by atoms with Crippen LogP contribution in [0.1, 0.15) is 20.3 Å². The lowest BCUT2D eigenvalue weighted by molar-refractivity contribution is 0.310. The summed E-state index contributed by atoms with van der Waals surface area (Å²) in [6, 6.07) is 0. The van der Waals surface area contributed by atoms with Crippen LogP contribution in [-0.4, -0.2) is 11.5 Å². The van der Waals surface area contributed by atoms with Crippen molar-refractivity contribution in [2.24, 2.45) is 5.41 Å². The molecule has 0 saturated carbocycles. The molecule has 0 bridgehead atoms. The van der Waals surface area contributed by atoms with Crippen LogP contribution in [0.4, 0.5) is 0 Å². The van der Waals surface area contributed by atoms with E-state index in [0.717, 1.165) is 5.57 Å². The minimum absolute atomic E-state index is 0.0833. The van der Waals surface area contributed by atoms with E-state index >= 15 is 0 Å². The predicted molar refractivity (Wildman–Crippen MR) is 61.3 cm³/mol. The van der Waals surface area contributed by atoms with Crippen LogP contribution in [0.3, 0.4) is 0 Å². The minimum atomic E-state index is -2.55. The molecule has 1 atom stereocenters. The smallest absolute Gasteiger partial charge is 0.133 e. The first-order chi connectivity index (χ1) is 6.94. The van der Waals surface area contributed by atoms with E-state index in [0.29, 0.717) is 6.42 Å². The summed E-state index contributed by atoms with van der Waals surface area (Å²) in [6.07, 6.45) is 9.50.